The number of ether oxygens (including phenoxy) is 1. The maximum absolute atomic E-state index is 6.66. The average molecular weight is 154 g/mol. The predicted molar refractivity (Wildman–Crippen MR) is 44.3 cm³/mol. The summed E-state index contributed by atoms with van der Waals surface area (Å²) in [4.78, 5) is 0. The second-order valence-electron chi connectivity index (χ2n) is 2.54. The zero-order valence-corrected chi connectivity index (χ0v) is 7.58. The number of allylic oxidation sites excluding steroid dienone is 2. The van der Waals surface area contributed by atoms with Crippen molar-refractivity contribution < 1.29 is 23.6 Å². The van der Waals surface area contributed by atoms with Crippen LogP contribution in [0.1, 0.15) is 6.92 Å². The van der Waals surface area contributed by atoms with Gasteiger partial charge < -0.3 is 17.1 Å². The zero-order valence-electron chi connectivity index (χ0n) is 7.58. The van der Waals surface area contributed by atoms with Crippen LogP contribution in [0.4, 0.5) is 0 Å². The molecule has 0 aromatic carbocycles. The Hall–Kier alpha value is -0.403. The van der Waals surface area contributed by atoms with Crippen LogP contribution in [-0.4, -0.2) is 12.7 Å². The smallest absolute Gasteiger partial charge is 0.691 e. The molecule has 0 amide bonds. The molecule has 1 aliphatic carbocycles. The van der Waals surface area contributed by atoms with E-state index in [0.29, 0.717) is 12.5 Å². The summed E-state index contributed by atoms with van der Waals surface area (Å²) >= 11 is 0. The maximum atomic E-state index is 6.66. The summed E-state index contributed by atoms with van der Waals surface area (Å²) < 4.78 is 5.27. The summed E-state index contributed by atoms with van der Waals surface area (Å²) in [6.07, 6.45) is 15.0. The first-order valence-electron chi connectivity index (χ1n) is 3.71. The molecule has 0 N–H and O–H groups in total. The van der Waals surface area contributed by atoms with Crippen molar-refractivity contribution >= 4 is 0 Å². The van der Waals surface area contributed by atoms with Crippen molar-refractivity contribution in [2.75, 3.05) is 6.61 Å². The minimum Gasteiger partial charge on any atom is -0.691 e. The molecule has 0 radical (unpaired) electrons. The molecule has 0 spiro atoms. The van der Waals surface area contributed by atoms with E-state index >= 15 is 0 Å². The van der Waals surface area contributed by atoms with Gasteiger partial charge in [-0.2, -0.15) is 0 Å². The first kappa shape index (κ1) is 11.6. The molecule has 0 aliphatic heterocycles. The molecule has 1 aliphatic rings. The molecule has 12 heavy (non-hydrogen) atoms. The van der Waals surface area contributed by atoms with E-state index in [4.69, 9.17) is 11.2 Å². The fourth-order valence-corrected chi connectivity index (χ4v) is 1.05. The Bertz CT molecular complexity index is 200. The van der Waals surface area contributed by atoms with Crippen molar-refractivity contribution in [2.45, 2.75) is 13.0 Å². The average Bonchev–Trinajstić information content (AvgIpc) is 2.52. The Kier molecular flexibility index (Phi) is 5.94. The molecule has 1 nitrogen and oxygen atoms in total. The van der Waals surface area contributed by atoms with Crippen LogP contribution in [0.3, 0.4) is 0 Å². The van der Waals surface area contributed by atoms with Crippen molar-refractivity contribution in [1.82, 2.24) is 0 Å². The second kappa shape index (κ2) is 6.15. The van der Waals surface area contributed by atoms with Gasteiger partial charge in [0.1, 0.15) is 0 Å². The second-order valence-corrected chi connectivity index (χ2v) is 2.54. The Morgan fingerprint density at radius 1 is 1.50 bits per heavy atom. The molecule has 0 saturated carbocycles. The van der Waals surface area contributed by atoms with Crippen LogP contribution in [-0.2, 0) is 4.74 Å². The fraction of sp³-hybridized carbons (Fsp3) is 0.400. The fourth-order valence-electron chi connectivity index (χ4n) is 1.05. The molecule has 58 valence electrons. The van der Waals surface area contributed by atoms with E-state index in [1.54, 1.807) is 0 Å². The molecule has 0 heterocycles. The van der Waals surface area contributed by atoms with Crippen LogP contribution < -0.4 is 18.9 Å². The van der Waals surface area contributed by atoms with Crippen molar-refractivity contribution in [3.05, 3.63) is 30.7 Å². The summed E-state index contributed by atoms with van der Waals surface area (Å²) in [6, 6.07) is 0. The van der Waals surface area contributed by atoms with Gasteiger partial charge in [-0.05, 0) is 6.92 Å². The third-order valence-electron chi connectivity index (χ3n) is 1.74. The Morgan fingerprint density at radius 3 is 2.58 bits per heavy atom. The van der Waals surface area contributed by atoms with Gasteiger partial charge in [0.25, 0.3) is 0 Å². The predicted octanol–water partition coefficient (Wildman–Crippen LogP) is -1.27. The first-order valence-corrected chi connectivity index (χ1v) is 3.71. The molecule has 0 fully saturated rings. The van der Waals surface area contributed by atoms with Crippen molar-refractivity contribution in [3.63, 3.8) is 0 Å². The standard InChI is InChI=1S/C10H11O.Li/c1-3-8-11-9(2)10-6-4-5-7-10;/h4-7,9-10H,8H2,2H3;/q-1;+1. The molecule has 0 bridgehead atoms. The minimum atomic E-state index is 0. The SMILES string of the molecule is [C-]#CCOC(C)C1C=CC=C1.[Li+]. The van der Waals surface area contributed by atoms with E-state index in [1.807, 2.05) is 19.1 Å². The van der Waals surface area contributed by atoms with Gasteiger partial charge in [-0.3, -0.25) is 0 Å². The molecular formula is C10H11LiO. The summed E-state index contributed by atoms with van der Waals surface area (Å²) in [5.74, 6) is 2.58. The van der Waals surface area contributed by atoms with Crippen LogP contribution in [0.2, 0.25) is 0 Å². The van der Waals surface area contributed by atoms with E-state index in [2.05, 4.69) is 18.1 Å². The first-order chi connectivity index (χ1) is 5.34. The van der Waals surface area contributed by atoms with Gasteiger partial charge in [0, 0.05) is 5.92 Å². The monoisotopic (exact) mass is 154 g/mol. The van der Waals surface area contributed by atoms with Gasteiger partial charge in [-0.1, -0.05) is 24.3 Å². The number of hydrogen-bond acceptors (Lipinski definition) is 1. The van der Waals surface area contributed by atoms with Crippen LogP contribution in [0.5, 0.6) is 0 Å². The van der Waals surface area contributed by atoms with Crippen LogP contribution >= 0.6 is 0 Å². The van der Waals surface area contributed by atoms with Gasteiger partial charge in [-0.25, -0.2) is 0 Å². The topological polar surface area (TPSA) is 9.23 Å². The molecule has 2 heteroatoms. The van der Waals surface area contributed by atoms with Gasteiger partial charge in [0.15, 0.2) is 0 Å². The van der Waals surface area contributed by atoms with E-state index in [9.17, 15) is 0 Å². The molecule has 0 saturated heterocycles. The summed E-state index contributed by atoms with van der Waals surface area (Å²) in [5, 5.41) is 0. The Morgan fingerprint density at radius 2 is 2.08 bits per heavy atom. The van der Waals surface area contributed by atoms with E-state index in [1.165, 1.54) is 0 Å². The van der Waals surface area contributed by atoms with Crippen LogP contribution in [0.15, 0.2) is 24.3 Å². The third kappa shape index (κ3) is 3.33. The summed E-state index contributed by atoms with van der Waals surface area (Å²) in [7, 11) is 0. The largest absolute Gasteiger partial charge is 1.00 e. The van der Waals surface area contributed by atoms with Crippen molar-refractivity contribution in [1.29, 1.82) is 0 Å². The van der Waals surface area contributed by atoms with Gasteiger partial charge >= 0.3 is 18.9 Å². The van der Waals surface area contributed by atoms with Gasteiger partial charge in [0.2, 0.25) is 0 Å². The van der Waals surface area contributed by atoms with Gasteiger partial charge in [0.05, 0.1) is 12.7 Å². The zero-order chi connectivity index (χ0) is 8.10. The van der Waals surface area contributed by atoms with E-state index in [0.717, 1.165) is 0 Å². The molecular weight excluding hydrogens is 143 g/mol. The van der Waals surface area contributed by atoms with Crippen molar-refractivity contribution in [2.24, 2.45) is 5.92 Å². The number of rotatable bonds is 3. The van der Waals surface area contributed by atoms with Crippen molar-refractivity contribution in [3.8, 4) is 5.92 Å². The Balaban J connectivity index is 0.00000121. The van der Waals surface area contributed by atoms with Crippen LogP contribution in [0.25, 0.3) is 0 Å². The number of hydrogen-bond donors (Lipinski definition) is 0. The van der Waals surface area contributed by atoms with E-state index in [-0.39, 0.29) is 25.0 Å². The summed E-state index contributed by atoms with van der Waals surface area (Å²) in [6.45, 7) is 2.29. The summed E-state index contributed by atoms with van der Waals surface area (Å²) in [5.41, 5.74) is 0. The molecule has 1 rings (SSSR count). The molecule has 1 atom stereocenters. The normalized spacial score (nSPS) is 17.0. The Labute approximate surface area is 86.0 Å². The minimum absolute atomic E-state index is 0. The third-order valence-corrected chi connectivity index (χ3v) is 1.74. The molecule has 0 aromatic heterocycles. The van der Waals surface area contributed by atoms with Crippen LogP contribution in [0, 0.1) is 18.3 Å². The maximum Gasteiger partial charge on any atom is 1.00 e. The quantitative estimate of drug-likeness (QED) is 0.280. The van der Waals surface area contributed by atoms with E-state index < -0.39 is 0 Å². The molecule has 1 unspecified atom stereocenters. The molecule has 0 aromatic rings. The van der Waals surface area contributed by atoms with Gasteiger partial charge in [-0.15, -0.1) is 0 Å².